The van der Waals surface area contributed by atoms with Gasteiger partial charge in [-0.15, -0.1) is 12.4 Å². The lowest BCUT2D eigenvalue weighted by atomic mass is 9.94. The minimum atomic E-state index is -0.219. The van der Waals surface area contributed by atoms with E-state index < -0.39 is 0 Å². The average Bonchev–Trinajstić information content (AvgIpc) is 2.62. The van der Waals surface area contributed by atoms with Crippen molar-refractivity contribution in [3.8, 4) is 0 Å². The van der Waals surface area contributed by atoms with Crippen molar-refractivity contribution < 1.29 is 9.18 Å². The van der Waals surface area contributed by atoms with Gasteiger partial charge in [-0.1, -0.05) is 31.4 Å². The molecule has 0 aromatic heterocycles. The first-order valence-electron chi connectivity index (χ1n) is 9.11. The van der Waals surface area contributed by atoms with Gasteiger partial charge in [-0.25, -0.2) is 4.39 Å². The molecule has 140 valence electrons. The molecule has 0 spiro atoms. The van der Waals surface area contributed by atoms with Gasteiger partial charge in [0.25, 0.3) is 0 Å². The summed E-state index contributed by atoms with van der Waals surface area (Å²) in [5.41, 5.74) is 0.940. The van der Waals surface area contributed by atoms with E-state index in [9.17, 15) is 9.18 Å². The number of carbonyl (C=O) groups excluding carboxylic acids is 1. The molecule has 0 bridgehead atoms. The number of carbonyl (C=O) groups is 1. The lowest BCUT2D eigenvalue weighted by Gasteiger charge is -2.38. The molecule has 1 saturated heterocycles. The van der Waals surface area contributed by atoms with Crippen LogP contribution in [0.5, 0.6) is 0 Å². The molecule has 1 N–H and O–H groups in total. The number of nitrogens with one attached hydrogen (secondary N) is 1. The first-order valence-corrected chi connectivity index (χ1v) is 9.11. The highest BCUT2D eigenvalue weighted by molar-refractivity contribution is 5.85. The SMILES string of the molecule is CN(C(=O)CN1CCNCC1c1cccc(F)c1)C1CCCCC1.Cl. The van der Waals surface area contributed by atoms with E-state index >= 15 is 0 Å². The second kappa shape index (κ2) is 9.51. The maximum absolute atomic E-state index is 13.6. The van der Waals surface area contributed by atoms with Crippen LogP contribution in [-0.2, 0) is 4.79 Å². The van der Waals surface area contributed by atoms with E-state index in [-0.39, 0.29) is 30.2 Å². The second-order valence-corrected chi connectivity index (χ2v) is 7.04. The van der Waals surface area contributed by atoms with Gasteiger partial charge in [0.15, 0.2) is 0 Å². The molecule has 4 nitrogen and oxygen atoms in total. The zero-order valence-corrected chi connectivity index (χ0v) is 15.7. The van der Waals surface area contributed by atoms with Crippen LogP contribution in [0.25, 0.3) is 0 Å². The molecule has 25 heavy (non-hydrogen) atoms. The van der Waals surface area contributed by atoms with Crippen LogP contribution in [0.3, 0.4) is 0 Å². The molecular weight excluding hydrogens is 341 g/mol. The van der Waals surface area contributed by atoms with Crippen LogP contribution in [0.2, 0.25) is 0 Å². The molecule has 0 radical (unpaired) electrons. The molecule has 1 atom stereocenters. The third-order valence-corrected chi connectivity index (χ3v) is 5.44. The number of hydrogen-bond donors (Lipinski definition) is 1. The predicted octanol–water partition coefficient (Wildman–Crippen LogP) is 2.98. The zero-order valence-electron chi connectivity index (χ0n) is 14.9. The first kappa shape index (κ1) is 20.1. The molecule has 2 fully saturated rings. The average molecular weight is 370 g/mol. The molecule has 1 aliphatic carbocycles. The number of hydrogen-bond acceptors (Lipinski definition) is 3. The van der Waals surface area contributed by atoms with Crippen LogP contribution in [0.4, 0.5) is 4.39 Å². The summed E-state index contributed by atoms with van der Waals surface area (Å²) in [6.07, 6.45) is 5.98. The third kappa shape index (κ3) is 5.16. The summed E-state index contributed by atoms with van der Waals surface area (Å²) in [5, 5.41) is 3.36. The van der Waals surface area contributed by atoms with Gasteiger partial charge in [-0.3, -0.25) is 9.69 Å². The summed E-state index contributed by atoms with van der Waals surface area (Å²) in [6.45, 7) is 2.84. The fourth-order valence-electron chi connectivity index (χ4n) is 3.94. The lowest BCUT2D eigenvalue weighted by molar-refractivity contribution is -0.134. The van der Waals surface area contributed by atoms with E-state index in [2.05, 4.69) is 10.2 Å². The van der Waals surface area contributed by atoms with Crippen LogP contribution in [-0.4, -0.2) is 55.0 Å². The number of piperazine rings is 1. The molecule has 2 aliphatic rings. The zero-order chi connectivity index (χ0) is 16.9. The molecule has 1 amide bonds. The molecule has 1 saturated carbocycles. The van der Waals surface area contributed by atoms with Gasteiger partial charge in [0.1, 0.15) is 5.82 Å². The smallest absolute Gasteiger partial charge is 0.236 e. The fourth-order valence-corrected chi connectivity index (χ4v) is 3.94. The van der Waals surface area contributed by atoms with Crippen LogP contribution < -0.4 is 5.32 Å². The van der Waals surface area contributed by atoms with Crippen LogP contribution >= 0.6 is 12.4 Å². The predicted molar refractivity (Wildman–Crippen MR) is 100 cm³/mol. The van der Waals surface area contributed by atoms with Gasteiger partial charge in [-0.2, -0.15) is 0 Å². The topological polar surface area (TPSA) is 35.6 Å². The quantitative estimate of drug-likeness (QED) is 0.886. The van der Waals surface area contributed by atoms with Crippen molar-refractivity contribution in [2.45, 2.75) is 44.2 Å². The Balaban J connectivity index is 0.00000225. The van der Waals surface area contributed by atoms with Crippen molar-refractivity contribution in [1.82, 2.24) is 15.1 Å². The Bertz CT molecular complexity index is 565. The number of amides is 1. The van der Waals surface area contributed by atoms with Crippen molar-refractivity contribution in [1.29, 1.82) is 0 Å². The normalized spacial score (nSPS) is 22.2. The van der Waals surface area contributed by atoms with E-state index in [4.69, 9.17) is 0 Å². The summed E-state index contributed by atoms with van der Waals surface area (Å²) >= 11 is 0. The lowest BCUT2D eigenvalue weighted by Crippen LogP contribution is -2.51. The number of benzene rings is 1. The molecule has 1 unspecified atom stereocenters. The third-order valence-electron chi connectivity index (χ3n) is 5.44. The van der Waals surface area contributed by atoms with Crippen molar-refractivity contribution in [3.63, 3.8) is 0 Å². The van der Waals surface area contributed by atoms with Crippen molar-refractivity contribution in [2.75, 3.05) is 33.2 Å². The van der Waals surface area contributed by atoms with Crippen LogP contribution in [0.1, 0.15) is 43.7 Å². The Morgan fingerprint density at radius 1 is 1.32 bits per heavy atom. The van der Waals surface area contributed by atoms with Gasteiger partial charge in [0.05, 0.1) is 6.54 Å². The van der Waals surface area contributed by atoms with Crippen LogP contribution in [0.15, 0.2) is 24.3 Å². The molecular formula is C19H29ClFN3O. The van der Waals surface area contributed by atoms with E-state index in [0.717, 1.165) is 38.0 Å². The van der Waals surface area contributed by atoms with Gasteiger partial charge in [-0.05, 0) is 30.5 Å². The van der Waals surface area contributed by atoms with Gasteiger partial charge >= 0.3 is 0 Å². The summed E-state index contributed by atoms with van der Waals surface area (Å²) in [6, 6.07) is 7.18. The van der Waals surface area contributed by atoms with Gasteiger partial charge < -0.3 is 10.2 Å². The summed E-state index contributed by atoms with van der Waals surface area (Å²) in [7, 11) is 1.94. The fraction of sp³-hybridized carbons (Fsp3) is 0.632. The number of nitrogens with zero attached hydrogens (tertiary/aromatic N) is 2. The molecule has 1 aromatic carbocycles. The number of likely N-dealkylation sites (N-methyl/N-ethyl adjacent to an activating group) is 1. The molecule has 6 heteroatoms. The summed E-state index contributed by atoms with van der Waals surface area (Å²) < 4.78 is 13.6. The Morgan fingerprint density at radius 3 is 2.80 bits per heavy atom. The molecule has 3 rings (SSSR count). The Kier molecular flexibility index (Phi) is 7.66. The summed E-state index contributed by atoms with van der Waals surface area (Å²) in [4.78, 5) is 16.9. The molecule has 1 aromatic rings. The van der Waals surface area contributed by atoms with E-state index in [1.54, 1.807) is 12.1 Å². The van der Waals surface area contributed by atoms with Gasteiger partial charge in [0, 0.05) is 38.8 Å². The van der Waals surface area contributed by atoms with Crippen molar-refractivity contribution >= 4 is 18.3 Å². The van der Waals surface area contributed by atoms with E-state index in [1.165, 1.54) is 25.3 Å². The Hall–Kier alpha value is -1.17. The standard InChI is InChI=1S/C19H28FN3O.ClH/c1-22(17-8-3-2-4-9-17)19(24)14-23-11-10-21-13-18(23)15-6-5-7-16(20)12-15;/h5-7,12,17-18,21H,2-4,8-11,13-14H2,1H3;1H. The Labute approximate surface area is 156 Å². The number of halogens is 2. The summed E-state index contributed by atoms with van der Waals surface area (Å²) in [5.74, 6) is -0.0334. The highest BCUT2D eigenvalue weighted by Crippen LogP contribution is 2.25. The highest BCUT2D eigenvalue weighted by Gasteiger charge is 2.29. The molecule has 1 heterocycles. The first-order chi connectivity index (χ1) is 11.6. The molecule has 1 aliphatic heterocycles. The monoisotopic (exact) mass is 369 g/mol. The Morgan fingerprint density at radius 2 is 2.08 bits per heavy atom. The van der Waals surface area contributed by atoms with Crippen molar-refractivity contribution in [3.05, 3.63) is 35.6 Å². The van der Waals surface area contributed by atoms with Crippen molar-refractivity contribution in [2.24, 2.45) is 0 Å². The minimum Gasteiger partial charge on any atom is -0.342 e. The largest absolute Gasteiger partial charge is 0.342 e. The maximum Gasteiger partial charge on any atom is 0.236 e. The second-order valence-electron chi connectivity index (χ2n) is 7.04. The van der Waals surface area contributed by atoms with Crippen LogP contribution in [0, 0.1) is 5.82 Å². The van der Waals surface area contributed by atoms with Gasteiger partial charge in [0.2, 0.25) is 5.91 Å². The number of rotatable bonds is 4. The highest BCUT2D eigenvalue weighted by atomic mass is 35.5. The van der Waals surface area contributed by atoms with E-state index in [1.807, 2.05) is 18.0 Å². The maximum atomic E-state index is 13.6. The van der Waals surface area contributed by atoms with E-state index in [0.29, 0.717) is 12.6 Å². The minimum absolute atomic E-state index is 0.